The number of ether oxygens (including phenoxy) is 1. The fraction of sp³-hybridized carbons (Fsp3) is 0.278. The molecule has 1 aromatic carbocycles. The molecule has 3 aromatic rings. The van der Waals surface area contributed by atoms with Crippen LogP contribution in [0.1, 0.15) is 5.69 Å². The van der Waals surface area contributed by atoms with E-state index in [1.807, 2.05) is 56.2 Å². The number of nitrogens with zero attached hydrogens (tertiary/aromatic N) is 5. The second-order valence-corrected chi connectivity index (χ2v) is 6.04. The molecule has 0 aliphatic rings. The lowest BCUT2D eigenvalue weighted by Gasteiger charge is -2.12. The average Bonchev–Trinajstić information content (AvgIpc) is 3.09. The first kappa shape index (κ1) is 17.7. The molecule has 0 fully saturated rings. The van der Waals surface area contributed by atoms with Crippen molar-refractivity contribution in [1.82, 2.24) is 24.4 Å². The Morgan fingerprint density at radius 1 is 1.19 bits per heavy atom. The van der Waals surface area contributed by atoms with Crippen LogP contribution in [0.3, 0.4) is 0 Å². The first-order valence-electron chi connectivity index (χ1n) is 8.23. The van der Waals surface area contributed by atoms with E-state index in [0.717, 1.165) is 35.2 Å². The summed E-state index contributed by atoms with van der Waals surface area (Å²) in [4.78, 5) is 15.2. The summed E-state index contributed by atoms with van der Waals surface area (Å²) in [5.74, 6) is 2.03. The number of methoxy groups -OCH3 is 1. The highest BCUT2D eigenvalue weighted by Crippen LogP contribution is 2.28. The lowest BCUT2D eigenvalue weighted by Crippen LogP contribution is -2.10. The summed E-state index contributed by atoms with van der Waals surface area (Å²) in [6, 6.07) is 7.62. The molecule has 2 heterocycles. The summed E-state index contributed by atoms with van der Waals surface area (Å²) in [7, 11) is 7.51. The Morgan fingerprint density at radius 2 is 2.04 bits per heavy atom. The molecule has 2 aromatic heterocycles. The maximum absolute atomic E-state index is 5.50. The van der Waals surface area contributed by atoms with Crippen molar-refractivity contribution in [2.75, 3.05) is 38.9 Å². The molecular weight excluding hydrogens is 330 g/mol. The molecular formula is C18H23N7O. The van der Waals surface area contributed by atoms with Crippen LogP contribution in [0, 0.1) is 0 Å². The van der Waals surface area contributed by atoms with E-state index in [4.69, 9.17) is 4.74 Å². The van der Waals surface area contributed by atoms with Gasteiger partial charge >= 0.3 is 0 Å². The van der Waals surface area contributed by atoms with E-state index in [0.29, 0.717) is 5.95 Å². The molecule has 136 valence electrons. The maximum atomic E-state index is 5.50. The van der Waals surface area contributed by atoms with Gasteiger partial charge in [-0.2, -0.15) is 4.98 Å². The lowest BCUT2D eigenvalue weighted by molar-refractivity contribution is 0.397. The molecule has 0 radical (unpaired) electrons. The Balaban J connectivity index is 1.89. The molecule has 8 nitrogen and oxygen atoms in total. The Hall–Kier alpha value is -3.13. The molecule has 0 aliphatic heterocycles. The van der Waals surface area contributed by atoms with E-state index in [2.05, 4.69) is 30.5 Å². The third-order valence-corrected chi connectivity index (χ3v) is 3.74. The van der Waals surface area contributed by atoms with Crippen LogP contribution in [0.4, 0.5) is 17.5 Å². The maximum Gasteiger partial charge on any atom is 0.229 e. The molecule has 3 rings (SSSR count). The van der Waals surface area contributed by atoms with Crippen LogP contribution in [0.2, 0.25) is 0 Å². The molecule has 0 atom stereocenters. The summed E-state index contributed by atoms with van der Waals surface area (Å²) < 4.78 is 7.46. The topological polar surface area (TPSA) is 80.1 Å². The van der Waals surface area contributed by atoms with Crippen LogP contribution >= 0.6 is 0 Å². The minimum absolute atomic E-state index is 0.520. The molecule has 0 amide bonds. The van der Waals surface area contributed by atoms with Crippen LogP contribution in [-0.2, 0) is 6.54 Å². The summed E-state index contributed by atoms with van der Waals surface area (Å²) in [5, 5.41) is 6.22. The molecule has 0 bridgehead atoms. The molecule has 0 saturated heterocycles. The van der Waals surface area contributed by atoms with Crippen molar-refractivity contribution in [3.05, 3.63) is 48.7 Å². The third kappa shape index (κ3) is 4.09. The van der Waals surface area contributed by atoms with Crippen molar-refractivity contribution in [1.29, 1.82) is 0 Å². The zero-order valence-electron chi connectivity index (χ0n) is 15.4. The normalized spacial score (nSPS) is 10.8. The lowest BCUT2D eigenvalue weighted by atomic mass is 10.2. The predicted molar refractivity (Wildman–Crippen MR) is 102 cm³/mol. The fourth-order valence-electron chi connectivity index (χ4n) is 2.56. The molecule has 0 spiro atoms. The first-order chi connectivity index (χ1) is 12.6. The fourth-order valence-corrected chi connectivity index (χ4v) is 2.56. The van der Waals surface area contributed by atoms with Crippen LogP contribution < -0.4 is 15.4 Å². The van der Waals surface area contributed by atoms with Gasteiger partial charge in [0.15, 0.2) is 0 Å². The molecule has 8 heteroatoms. The molecule has 0 aliphatic carbocycles. The second-order valence-electron chi connectivity index (χ2n) is 6.04. The van der Waals surface area contributed by atoms with E-state index < -0.39 is 0 Å². The highest BCUT2D eigenvalue weighted by Gasteiger charge is 2.10. The van der Waals surface area contributed by atoms with Gasteiger partial charge in [-0.15, -0.1) is 0 Å². The largest absolute Gasteiger partial charge is 0.495 e. The predicted octanol–water partition coefficient (Wildman–Crippen LogP) is 2.52. The number of benzene rings is 1. The van der Waals surface area contributed by atoms with Gasteiger partial charge in [0.25, 0.3) is 0 Å². The first-order valence-corrected chi connectivity index (χ1v) is 8.23. The van der Waals surface area contributed by atoms with Crippen molar-refractivity contribution in [2.45, 2.75) is 6.54 Å². The highest BCUT2D eigenvalue weighted by atomic mass is 16.5. The molecule has 2 N–H and O–H groups in total. The van der Waals surface area contributed by atoms with E-state index in [1.54, 1.807) is 19.6 Å². The summed E-state index contributed by atoms with van der Waals surface area (Å²) in [6.45, 7) is 0.776. The minimum Gasteiger partial charge on any atom is -0.495 e. The van der Waals surface area contributed by atoms with Crippen LogP contribution in [0.25, 0.3) is 5.69 Å². The minimum atomic E-state index is 0.520. The van der Waals surface area contributed by atoms with Gasteiger partial charge in [-0.3, -0.25) is 0 Å². The van der Waals surface area contributed by atoms with Gasteiger partial charge in [-0.25, -0.2) is 9.97 Å². The van der Waals surface area contributed by atoms with E-state index >= 15 is 0 Å². The van der Waals surface area contributed by atoms with Crippen LogP contribution in [-0.4, -0.2) is 52.7 Å². The molecule has 0 unspecified atom stereocenters. The van der Waals surface area contributed by atoms with E-state index in [-0.39, 0.29) is 0 Å². The standard InChI is InChI=1S/C18H23N7O/c1-19-17-7-8-20-18(23-17)22-13-5-6-16(26-4)15(9-13)25-11-14(21-12-25)10-24(2)3/h5-9,11-12H,10H2,1-4H3,(H2,19,20,22,23). The number of hydrogen-bond donors (Lipinski definition) is 2. The van der Waals surface area contributed by atoms with Crippen molar-refractivity contribution in [3.8, 4) is 11.4 Å². The van der Waals surface area contributed by atoms with Crippen LogP contribution in [0.15, 0.2) is 43.0 Å². The number of hydrogen-bond acceptors (Lipinski definition) is 7. The summed E-state index contributed by atoms with van der Waals surface area (Å²) >= 11 is 0. The molecule has 0 saturated carbocycles. The Labute approximate surface area is 152 Å². The number of nitrogens with one attached hydrogen (secondary N) is 2. The van der Waals surface area contributed by atoms with E-state index in [1.165, 1.54) is 0 Å². The van der Waals surface area contributed by atoms with Crippen molar-refractivity contribution >= 4 is 17.5 Å². The number of aromatic nitrogens is 4. The SMILES string of the molecule is CNc1ccnc(Nc2ccc(OC)c(-n3cnc(CN(C)C)c3)c2)n1. The Kier molecular flexibility index (Phi) is 5.33. The number of imidazole rings is 1. The zero-order valence-corrected chi connectivity index (χ0v) is 15.4. The summed E-state index contributed by atoms with van der Waals surface area (Å²) in [6.07, 6.45) is 5.49. The molecule has 26 heavy (non-hydrogen) atoms. The summed E-state index contributed by atoms with van der Waals surface area (Å²) in [5.41, 5.74) is 2.73. The zero-order chi connectivity index (χ0) is 18.5. The quantitative estimate of drug-likeness (QED) is 0.675. The van der Waals surface area contributed by atoms with Crippen molar-refractivity contribution in [3.63, 3.8) is 0 Å². The smallest absolute Gasteiger partial charge is 0.229 e. The Bertz CT molecular complexity index is 875. The third-order valence-electron chi connectivity index (χ3n) is 3.74. The van der Waals surface area contributed by atoms with Gasteiger partial charge in [-0.1, -0.05) is 0 Å². The van der Waals surface area contributed by atoms with Crippen molar-refractivity contribution in [2.24, 2.45) is 0 Å². The average molecular weight is 353 g/mol. The van der Waals surface area contributed by atoms with Gasteiger partial charge in [0.1, 0.15) is 11.6 Å². The van der Waals surface area contributed by atoms with E-state index in [9.17, 15) is 0 Å². The number of rotatable bonds is 7. The van der Waals surface area contributed by atoms with Gasteiger partial charge in [0, 0.05) is 31.7 Å². The number of anilines is 3. The van der Waals surface area contributed by atoms with Gasteiger partial charge in [-0.05, 0) is 38.4 Å². The second kappa shape index (κ2) is 7.83. The van der Waals surface area contributed by atoms with Crippen LogP contribution in [0.5, 0.6) is 5.75 Å². The van der Waals surface area contributed by atoms with Crippen molar-refractivity contribution < 1.29 is 4.74 Å². The highest BCUT2D eigenvalue weighted by molar-refractivity contribution is 5.62. The van der Waals surface area contributed by atoms with Gasteiger partial charge in [0.05, 0.1) is 24.8 Å². The van der Waals surface area contributed by atoms with Gasteiger partial charge < -0.3 is 24.8 Å². The Morgan fingerprint density at radius 3 is 2.77 bits per heavy atom. The van der Waals surface area contributed by atoms with Gasteiger partial charge in [0.2, 0.25) is 5.95 Å². The monoisotopic (exact) mass is 353 g/mol.